The van der Waals surface area contributed by atoms with E-state index in [0.29, 0.717) is 0 Å². The maximum absolute atomic E-state index is 12.6. The second kappa shape index (κ2) is 3.72. The van der Waals surface area contributed by atoms with Gasteiger partial charge in [0.2, 0.25) is 5.69 Å². The molecule has 0 unspecified atom stereocenters. The van der Waals surface area contributed by atoms with Gasteiger partial charge in [-0.15, -0.1) is 0 Å². The Morgan fingerprint density at radius 2 is 2.09 bits per heavy atom. The van der Waals surface area contributed by atoms with Crippen molar-refractivity contribution in [3.8, 4) is 0 Å². The molecule has 0 aliphatic rings. The minimum Gasteiger partial charge on any atom is -0.235 e. The normalized spacial score (nSPS) is 8.09. The molecule has 0 fully saturated rings. The van der Waals surface area contributed by atoms with Crippen molar-refractivity contribution in [2.45, 2.75) is 14.4 Å². The number of hydrogen-bond acceptors (Lipinski definition) is 0. The van der Waals surface area contributed by atoms with Gasteiger partial charge < -0.3 is 0 Å². The van der Waals surface area contributed by atoms with E-state index in [-0.39, 0.29) is 13.1 Å². The first-order valence-electron chi connectivity index (χ1n) is 2.87. The Balaban J connectivity index is 0.000001000. The summed E-state index contributed by atoms with van der Waals surface area (Å²) >= 11 is 0. The zero-order chi connectivity index (χ0) is 7.56. The average Bonchev–Trinajstić information content (AvgIpc) is 1.88. The van der Waals surface area contributed by atoms with Gasteiger partial charge in [0.15, 0.2) is 0 Å². The van der Waals surface area contributed by atoms with Crippen LogP contribution in [0.3, 0.4) is 0 Å². The predicted octanol–water partition coefficient (Wildman–Crippen LogP) is 3.32. The highest BCUT2D eigenvalue weighted by atomic mass is 19.1. The zero-order valence-corrected chi connectivity index (χ0v) is 5.56. The number of aryl methyl sites for hydroxylation is 1. The Morgan fingerprint density at radius 1 is 1.45 bits per heavy atom. The number of rotatable bonds is 0. The summed E-state index contributed by atoms with van der Waals surface area (Å²) in [6, 6.07) is 4.56. The molecule has 0 saturated heterocycles. The van der Waals surface area contributed by atoms with Gasteiger partial charge in [-0.05, 0) is 13.0 Å². The SMILES string of the molecule is C.[C-]#[N+]c1ccc(C)cc1F. The van der Waals surface area contributed by atoms with Gasteiger partial charge in [0.05, 0.1) is 6.57 Å². The smallest absolute Gasteiger partial charge is 0.222 e. The molecule has 0 radical (unpaired) electrons. The van der Waals surface area contributed by atoms with Crippen LogP contribution in [0, 0.1) is 19.3 Å². The molecular weight excluding hydrogens is 141 g/mol. The summed E-state index contributed by atoms with van der Waals surface area (Å²) in [5, 5.41) is 0. The molecule has 0 aliphatic heterocycles. The third kappa shape index (κ3) is 2.05. The molecular formula is C9H10FN. The van der Waals surface area contributed by atoms with Crippen molar-refractivity contribution in [2.24, 2.45) is 0 Å². The van der Waals surface area contributed by atoms with Gasteiger partial charge in [0.25, 0.3) is 0 Å². The van der Waals surface area contributed by atoms with Crippen LogP contribution < -0.4 is 0 Å². The minimum absolute atomic E-state index is 0. The van der Waals surface area contributed by atoms with Crippen molar-refractivity contribution < 1.29 is 4.39 Å². The van der Waals surface area contributed by atoms with E-state index in [4.69, 9.17) is 6.57 Å². The van der Waals surface area contributed by atoms with Gasteiger partial charge in [-0.1, -0.05) is 25.1 Å². The molecule has 1 aromatic carbocycles. The highest BCUT2D eigenvalue weighted by molar-refractivity contribution is 5.46. The minimum atomic E-state index is -0.435. The molecule has 0 bridgehead atoms. The third-order valence-corrected chi connectivity index (χ3v) is 1.22. The lowest BCUT2D eigenvalue weighted by atomic mass is 10.2. The molecule has 2 heteroatoms. The number of hydrogen-bond donors (Lipinski definition) is 0. The fourth-order valence-electron chi connectivity index (χ4n) is 0.703. The van der Waals surface area contributed by atoms with Crippen molar-refractivity contribution in [3.05, 3.63) is 41.0 Å². The van der Waals surface area contributed by atoms with E-state index < -0.39 is 5.82 Å². The van der Waals surface area contributed by atoms with E-state index in [1.165, 1.54) is 12.1 Å². The lowest BCUT2D eigenvalue weighted by Gasteiger charge is -1.93. The van der Waals surface area contributed by atoms with E-state index in [0.717, 1.165) is 5.56 Å². The third-order valence-electron chi connectivity index (χ3n) is 1.22. The summed E-state index contributed by atoms with van der Waals surface area (Å²) in [6.45, 7) is 8.33. The molecule has 1 rings (SSSR count). The summed E-state index contributed by atoms with van der Waals surface area (Å²) in [5.41, 5.74) is 0.926. The number of halogens is 1. The van der Waals surface area contributed by atoms with Crippen LogP contribution in [0.4, 0.5) is 10.1 Å². The van der Waals surface area contributed by atoms with Crippen LogP contribution in [0.15, 0.2) is 18.2 Å². The van der Waals surface area contributed by atoms with Crippen LogP contribution in [0.1, 0.15) is 13.0 Å². The summed E-state index contributed by atoms with van der Waals surface area (Å²) in [4.78, 5) is 2.99. The molecule has 0 aromatic heterocycles. The van der Waals surface area contributed by atoms with E-state index in [2.05, 4.69) is 4.85 Å². The van der Waals surface area contributed by atoms with E-state index >= 15 is 0 Å². The second-order valence-corrected chi connectivity index (χ2v) is 2.07. The molecule has 0 N–H and O–H groups in total. The average molecular weight is 151 g/mol. The molecule has 0 aliphatic carbocycles. The number of nitrogens with zero attached hydrogens (tertiary/aromatic N) is 1. The molecule has 0 saturated carbocycles. The van der Waals surface area contributed by atoms with E-state index in [1.54, 1.807) is 13.0 Å². The first kappa shape index (κ1) is 9.64. The van der Waals surface area contributed by atoms with Crippen molar-refractivity contribution in [3.63, 3.8) is 0 Å². The Hall–Kier alpha value is -1.36. The van der Waals surface area contributed by atoms with E-state index in [9.17, 15) is 4.39 Å². The monoisotopic (exact) mass is 151 g/mol. The van der Waals surface area contributed by atoms with Crippen LogP contribution in [-0.4, -0.2) is 0 Å². The molecule has 1 aromatic rings. The van der Waals surface area contributed by atoms with Gasteiger partial charge in [-0.3, -0.25) is 0 Å². The molecule has 0 atom stereocenters. The molecule has 0 spiro atoms. The first-order chi connectivity index (χ1) is 4.74. The molecule has 11 heavy (non-hydrogen) atoms. The van der Waals surface area contributed by atoms with Gasteiger partial charge >= 0.3 is 0 Å². The lowest BCUT2D eigenvalue weighted by molar-refractivity contribution is 0.632. The van der Waals surface area contributed by atoms with Crippen molar-refractivity contribution in [2.75, 3.05) is 0 Å². The highest BCUT2D eigenvalue weighted by Gasteiger charge is 1.98. The second-order valence-electron chi connectivity index (χ2n) is 2.07. The highest BCUT2D eigenvalue weighted by Crippen LogP contribution is 2.17. The lowest BCUT2D eigenvalue weighted by Crippen LogP contribution is -1.75. The summed E-state index contributed by atoms with van der Waals surface area (Å²) < 4.78 is 12.6. The maximum Gasteiger partial charge on any atom is 0.222 e. The van der Waals surface area contributed by atoms with Crippen LogP contribution in [0.2, 0.25) is 0 Å². The zero-order valence-electron chi connectivity index (χ0n) is 5.56. The van der Waals surface area contributed by atoms with Crippen LogP contribution >= 0.6 is 0 Å². The van der Waals surface area contributed by atoms with Crippen LogP contribution in [0.5, 0.6) is 0 Å². The largest absolute Gasteiger partial charge is 0.235 e. The van der Waals surface area contributed by atoms with Gasteiger partial charge in [-0.25, -0.2) is 9.24 Å². The fourth-order valence-corrected chi connectivity index (χ4v) is 0.703. The van der Waals surface area contributed by atoms with Crippen LogP contribution in [0.25, 0.3) is 4.85 Å². The predicted molar refractivity (Wildman–Crippen MR) is 44.1 cm³/mol. The van der Waals surface area contributed by atoms with Crippen LogP contribution in [-0.2, 0) is 0 Å². The Kier molecular flexibility index (Phi) is 3.26. The Bertz CT molecular complexity index is 286. The van der Waals surface area contributed by atoms with Gasteiger partial charge in [0, 0.05) is 0 Å². The fraction of sp³-hybridized carbons (Fsp3) is 0.222. The molecule has 1 nitrogen and oxygen atoms in total. The molecule has 58 valence electrons. The van der Waals surface area contributed by atoms with Crippen molar-refractivity contribution in [1.82, 2.24) is 0 Å². The van der Waals surface area contributed by atoms with Gasteiger partial charge in [-0.2, -0.15) is 0 Å². The Morgan fingerprint density at radius 3 is 2.55 bits per heavy atom. The summed E-state index contributed by atoms with van der Waals surface area (Å²) in [6.07, 6.45) is 0. The first-order valence-corrected chi connectivity index (χ1v) is 2.87. The topological polar surface area (TPSA) is 4.36 Å². The molecule has 0 heterocycles. The quantitative estimate of drug-likeness (QED) is 0.501. The maximum atomic E-state index is 12.6. The van der Waals surface area contributed by atoms with E-state index in [1.807, 2.05) is 0 Å². The number of benzene rings is 1. The standard InChI is InChI=1S/C8H6FN.CH4/c1-6-3-4-8(10-2)7(9)5-6;/h3-5H,1H3;1H4. The van der Waals surface area contributed by atoms with Crippen molar-refractivity contribution in [1.29, 1.82) is 0 Å². The Labute approximate surface area is 66.3 Å². The summed E-state index contributed by atoms with van der Waals surface area (Å²) in [7, 11) is 0. The summed E-state index contributed by atoms with van der Waals surface area (Å²) in [5.74, 6) is -0.435. The van der Waals surface area contributed by atoms with Gasteiger partial charge in [0.1, 0.15) is 5.82 Å². The van der Waals surface area contributed by atoms with Crippen molar-refractivity contribution >= 4 is 5.69 Å². The molecule has 0 amide bonds.